The van der Waals surface area contributed by atoms with Crippen LogP contribution in [0.1, 0.15) is 54.9 Å². The maximum atomic E-state index is 11.0. The van der Waals surface area contributed by atoms with Gasteiger partial charge in [0.25, 0.3) is 0 Å². The molecule has 0 bridgehead atoms. The monoisotopic (exact) mass is 412 g/mol. The summed E-state index contributed by atoms with van der Waals surface area (Å²) in [6.45, 7) is 1.73. The van der Waals surface area contributed by atoms with Gasteiger partial charge in [-0.05, 0) is 61.1 Å². The van der Waals surface area contributed by atoms with Crippen molar-refractivity contribution in [2.45, 2.75) is 44.6 Å². The predicted molar refractivity (Wildman–Crippen MR) is 105 cm³/mol. The van der Waals surface area contributed by atoms with E-state index in [1.54, 1.807) is 6.92 Å². The Bertz CT molecular complexity index is 846. The molecular weight excluding hydrogens is 392 g/mol. The summed E-state index contributed by atoms with van der Waals surface area (Å²) in [6, 6.07) is 13.9. The zero-order chi connectivity index (χ0) is 18.5. The van der Waals surface area contributed by atoms with Gasteiger partial charge in [-0.25, -0.2) is 0 Å². The van der Waals surface area contributed by atoms with E-state index < -0.39 is 5.97 Å². The van der Waals surface area contributed by atoms with Crippen molar-refractivity contribution in [1.29, 1.82) is 0 Å². The quantitative estimate of drug-likeness (QED) is 0.660. The SMILES string of the molecule is CC#C[C@@H](CC(=O)O)c1ccc(OC2CCCc3c(Br)cccc32)cc1. The number of carbonyl (C=O) groups is 1. The lowest BCUT2D eigenvalue weighted by Crippen LogP contribution is -2.15. The molecule has 0 fully saturated rings. The molecule has 4 heteroatoms. The summed E-state index contributed by atoms with van der Waals surface area (Å²) in [4.78, 5) is 11.0. The minimum absolute atomic E-state index is 0.00503. The van der Waals surface area contributed by atoms with Gasteiger partial charge in [-0.3, -0.25) is 4.79 Å². The Morgan fingerprint density at radius 1 is 1.31 bits per heavy atom. The number of hydrogen-bond donors (Lipinski definition) is 1. The van der Waals surface area contributed by atoms with Crippen LogP contribution in [0.15, 0.2) is 46.9 Å². The Morgan fingerprint density at radius 2 is 2.08 bits per heavy atom. The Hall–Kier alpha value is -2.25. The highest BCUT2D eigenvalue weighted by Gasteiger charge is 2.23. The molecule has 2 aromatic rings. The lowest BCUT2D eigenvalue weighted by Gasteiger charge is -2.27. The summed E-state index contributed by atoms with van der Waals surface area (Å²) in [7, 11) is 0. The lowest BCUT2D eigenvalue weighted by molar-refractivity contribution is -0.137. The van der Waals surface area contributed by atoms with Crippen molar-refractivity contribution in [2.24, 2.45) is 0 Å². The second-order valence-corrected chi connectivity index (χ2v) is 7.27. The molecule has 1 aliphatic carbocycles. The molecule has 0 amide bonds. The second-order valence-electron chi connectivity index (χ2n) is 6.42. The maximum Gasteiger partial charge on any atom is 0.304 e. The van der Waals surface area contributed by atoms with Crippen LogP contribution in [0.3, 0.4) is 0 Å². The van der Waals surface area contributed by atoms with E-state index >= 15 is 0 Å². The van der Waals surface area contributed by atoms with Gasteiger partial charge in [-0.1, -0.05) is 46.1 Å². The Kier molecular flexibility index (Phi) is 6.00. The first kappa shape index (κ1) is 18.5. The van der Waals surface area contributed by atoms with Crippen molar-refractivity contribution >= 4 is 21.9 Å². The van der Waals surface area contributed by atoms with Crippen LogP contribution in [-0.2, 0) is 11.2 Å². The van der Waals surface area contributed by atoms with Crippen molar-refractivity contribution in [3.8, 4) is 17.6 Å². The highest BCUT2D eigenvalue weighted by Crippen LogP contribution is 2.37. The highest BCUT2D eigenvalue weighted by atomic mass is 79.9. The van der Waals surface area contributed by atoms with Crippen molar-refractivity contribution in [1.82, 2.24) is 0 Å². The largest absolute Gasteiger partial charge is 0.486 e. The van der Waals surface area contributed by atoms with E-state index in [0.717, 1.165) is 35.0 Å². The van der Waals surface area contributed by atoms with Gasteiger partial charge in [0.2, 0.25) is 0 Å². The van der Waals surface area contributed by atoms with E-state index in [4.69, 9.17) is 9.84 Å². The molecule has 3 nitrogen and oxygen atoms in total. The van der Waals surface area contributed by atoms with E-state index in [1.807, 2.05) is 30.3 Å². The fourth-order valence-electron chi connectivity index (χ4n) is 3.43. The van der Waals surface area contributed by atoms with Crippen LogP contribution in [-0.4, -0.2) is 11.1 Å². The number of rotatable bonds is 5. The fourth-order valence-corrected chi connectivity index (χ4v) is 4.01. The summed E-state index contributed by atoms with van der Waals surface area (Å²) in [5.74, 6) is 5.45. The lowest BCUT2D eigenvalue weighted by atomic mass is 9.89. The molecule has 2 atom stereocenters. The van der Waals surface area contributed by atoms with Crippen LogP contribution in [0.4, 0.5) is 0 Å². The van der Waals surface area contributed by atoms with Crippen LogP contribution in [0.2, 0.25) is 0 Å². The van der Waals surface area contributed by atoms with Crippen molar-refractivity contribution in [3.05, 3.63) is 63.6 Å². The molecule has 0 aromatic heterocycles. The van der Waals surface area contributed by atoms with Gasteiger partial charge in [0.1, 0.15) is 11.9 Å². The molecular formula is C22H21BrO3. The number of aliphatic carboxylic acids is 1. The minimum Gasteiger partial charge on any atom is -0.486 e. The summed E-state index contributed by atoms with van der Waals surface area (Å²) < 4.78 is 7.39. The summed E-state index contributed by atoms with van der Waals surface area (Å²) in [6.07, 6.45) is 3.22. The number of benzene rings is 2. The molecule has 0 saturated heterocycles. The molecule has 0 aliphatic heterocycles. The van der Waals surface area contributed by atoms with Crippen molar-refractivity contribution in [2.75, 3.05) is 0 Å². The number of halogens is 1. The molecule has 1 aliphatic rings. The average molecular weight is 413 g/mol. The van der Waals surface area contributed by atoms with E-state index in [-0.39, 0.29) is 18.4 Å². The standard InChI is InChI=1S/C22H21BrO3/c1-2-5-16(14-22(24)25)15-10-12-17(13-11-15)26-21-9-4-6-18-19(21)7-3-8-20(18)23/h3,7-8,10-13,16,21H,4,6,9,14H2,1H3,(H,24,25)/t16-,21?/m0/s1. The molecule has 134 valence electrons. The normalized spacial score (nSPS) is 16.8. The first-order chi connectivity index (χ1) is 12.6. The first-order valence-electron chi connectivity index (χ1n) is 8.76. The number of hydrogen-bond acceptors (Lipinski definition) is 2. The molecule has 0 radical (unpaired) electrons. The van der Waals surface area contributed by atoms with E-state index in [1.165, 1.54) is 11.1 Å². The van der Waals surface area contributed by atoms with Gasteiger partial charge >= 0.3 is 5.97 Å². The van der Waals surface area contributed by atoms with Crippen LogP contribution in [0.25, 0.3) is 0 Å². The molecule has 0 spiro atoms. The van der Waals surface area contributed by atoms with Gasteiger partial charge in [0, 0.05) is 4.47 Å². The third-order valence-corrected chi connectivity index (χ3v) is 5.40. The van der Waals surface area contributed by atoms with Gasteiger partial charge in [-0.2, -0.15) is 0 Å². The predicted octanol–water partition coefficient (Wildman–Crippen LogP) is 5.49. The number of carboxylic acids is 1. The molecule has 0 heterocycles. The minimum atomic E-state index is -0.845. The third kappa shape index (κ3) is 4.28. The maximum absolute atomic E-state index is 11.0. The van der Waals surface area contributed by atoms with Crippen molar-refractivity contribution < 1.29 is 14.6 Å². The third-order valence-electron chi connectivity index (χ3n) is 4.65. The molecule has 1 unspecified atom stereocenters. The van der Waals surface area contributed by atoms with Gasteiger partial charge in [-0.15, -0.1) is 5.92 Å². The van der Waals surface area contributed by atoms with Crippen LogP contribution in [0.5, 0.6) is 5.75 Å². The molecule has 26 heavy (non-hydrogen) atoms. The van der Waals surface area contributed by atoms with Crippen LogP contribution < -0.4 is 4.74 Å². The van der Waals surface area contributed by atoms with Crippen LogP contribution in [0, 0.1) is 11.8 Å². The smallest absolute Gasteiger partial charge is 0.304 e. The topological polar surface area (TPSA) is 46.5 Å². The van der Waals surface area contributed by atoms with E-state index in [0.29, 0.717) is 0 Å². The molecule has 1 N–H and O–H groups in total. The molecule has 0 saturated carbocycles. The highest BCUT2D eigenvalue weighted by molar-refractivity contribution is 9.10. The number of carboxylic acid groups (broad SMARTS) is 1. The average Bonchev–Trinajstić information content (AvgIpc) is 2.63. The zero-order valence-electron chi connectivity index (χ0n) is 14.7. The summed E-state index contributed by atoms with van der Waals surface area (Å²) >= 11 is 3.64. The molecule has 3 rings (SSSR count). The Morgan fingerprint density at radius 3 is 2.77 bits per heavy atom. The van der Waals surface area contributed by atoms with Gasteiger partial charge in [0.15, 0.2) is 0 Å². The number of ether oxygens (including phenoxy) is 1. The van der Waals surface area contributed by atoms with E-state index in [9.17, 15) is 4.79 Å². The van der Waals surface area contributed by atoms with Gasteiger partial charge < -0.3 is 9.84 Å². The fraction of sp³-hybridized carbons (Fsp3) is 0.318. The number of fused-ring (bicyclic) bond motifs is 1. The Labute approximate surface area is 162 Å². The van der Waals surface area contributed by atoms with Gasteiger partial charge in [0.05, 0.1) is 12.3 Å². The zero-order valence-corrected chi connectivity index (χ0v) is 16.3. The summed E-state index contributed by atoms with van der Waals surface area (Å²) in [5.41, 5.74) is 3.48. The van der Waals surface area contributed by atoms with Crippen molar-refractivity contribution in [3.63, 3.8) is 0 Å². The Balaban J connectivity index is 1.77. The first-order valence-corrected chi connectivity index (χ1v) is 9.55. The second kappa shape index (κ2) is 8.42. The van der Waals surface area contributed by atoms with Crippen LogP contribution >= 0.6 is 15.9 Å². The van der Waals surface area contributed by atoms with E-state index in [2.05, 4.69) is 39.9 Å². The summed E-state index contributed by atoms with van der Waals surface area (Å²) in [5, 5.41) is 9.06. The molecule has 2 aromatic carbocycles.